The van der Waals surface area contributed by atoms with E-state index in [0.29, 0.717) is 18.1 Å². The van der Waals surface area contributed by atoms with Crippen molar-refractivity contribution in [1.29, 1.82) is 0 Å². The zero-order valence-corrected chi connectivity index (χ0v) is 14.0. The lowest BCUT2D eigenvalue weighted by atomic mass is 9.82. The predicted octanol–water partition coefficient (Wildman–Crippen LogP) is 3.51. The molecule has 4 heteroatoms. The van der Waals surface area contributed by atoms with Gasteiger partial charge in [-0.25, -0.2) is 4.79 Å². The smallest absolute Gasteiger partial charge is 0.338 e. The van der Waals surface area contributed by atoms with Crippen LogP contribution in [0.5, 0.6) is 5.75 Å². The standard InChI is InChI=1S/C19H27NO3/c1-22-17-9-7-16(8-10-17)19(21)23-14-11-15-5-4-13-20-12-3-2-6-18(15)20/h7-10,15,18H,2-6,11-14H2,1H3. The van der Waals surface area contributed by atoms with Gasteiger partial charge in [0.15, 0.2) is 0 Å². The van der Waals surface area contributed by atoms with Gasteiger partial charge in [0.25, 0.3) is 0 Å². The van der Waals surface area contributed by atoms with Gasteiger partial charge in [-0.3, -0.25) is 0 Å². The van der Waals surface area contributed by atoms with Crippen molar-refractivity contribution < 1.29 is 14.3 Å². The SMILES string of the molecule is COc1ccc(C(=O)OCCC2CCCN3CCCCC23)cc1. The third kappa shape index (κ3) is 4.05. The Kier molecular flexibility index (Phi) is 5.55. The average Bonchev–Trinajstić information content (AvgIpc) is 2.62. The first-order valence-corrected chi connectivity index (χ1v) is 8.83. The van der Waals surface area contributed by atoms with Crippen LogP contribution in [0.15, 0.2) is 24.3 Å². The minimum Gasteiger partial charge on any atom is -0.497 e. The molecular formula is C19H27NO3. The van der Waals surface area contributed by atoms with E-state index in [-0.39, 0.29) is 5.97 Å². The maximum absolute atomic E-state index is 12.1. The monoisotopic (exact) mass is 317 g/mol. The highest BCUT2D eigenvalue weighted by Gasteiger charge is 2.32. The van der Waals surface area contributed by atoms with E-state index in [1.165, 1.54) is 45.2 Å². The van der Waals surface area contributed by atoms with Crippen molar-refractivity contribution in [2.24, 2.45) is 5.92 Å². The van der Waals surface area contributed by atoms with Gasteiger partial charge in [0.2, 0.25) is 0 Å². The molecule has 1 aromatic carbocycles. The number of carbonyl (C=O) groups excluding carboxylic acids is 1. The van der Waals surface area contributed by atoms with Gasteiger partial charge >= 0.3 is 5.97 Å². The van der Waals surface area contributed by atoms with E-state index in [4.69, 9.17) is 9.47 Å². The molecule has 0 radical (unpaired) electrons. The molecule has 2 heterocycles. The fraction of sp³-hybridized carbons (Fsp3) is 0.632. The summed E-state index contributed by atoms with van der Waals surface area (Å²) in [5, 5.41) is 0. The molecule has 2 fully saturated rings. The molecule has 0 aliphatic carbocycles. The van der Waals surface area contributed by atoms with Crippen LogP contribution in [0.3, 0.4) is 0 Å². The second-order valence-electron chi connectivity index (χ2n) is 6.65. The molecule has 2 saturated heterocycles. The number of piperidine rings is 2. The number of esters is 1. The number of hydrogen-bond donors (Lipinski definition) is 0. The maximum Gasteiger partial charge on any atom is 0.338 e. The number of ether oxygens (including phenoxy) is 2. The van der Waals surface area contributed by atoms with E-state index in [2.05, 4.69) is 4.90 Å². The summed E-state index contributed by atoms with van der Waals surface area (Å²) in [6.45, 7) is 3.04. The Morgan fingerprint density at radius 2 is 1.91 bits per heavy atom. The molecule has 0 saturated carbocycles. The molecule has 0 N–H and O–H groups in total. The molecule has 0 amide bonds. The highest BCUT2D eigenvalue weighted by atomic mass is 16.5. The van der Waals surface area contributed by atoms with Crippen molar-refractivity contribution in [3.8, 4) is 5.75 Å². The van der Waals surface area contributed by atoms with Gasteiger partial charge < -0.3 is 14.4 Å². The van der Waals surface area contributed by atoms with Crippen molar-refractivity contribution >= 4 is 5.97 Å². The fourth-order valence-electron chi connectivity index (χ4n) is 4.03. The van der Waals surface area contributed by atoms with E-state index in [1.807, 2.05) is 0 Å². The summed E-state index contributed by atoms with van der Waals surface area (Å²) in [6.07, 6.45) is 7.56. The molecule has 2 aliphatic rings. The number of methoxy groups -OCH3 is 1. The normalized spacial score (nSPS) is 24.7. The summed E-state index contributed by atoms with van der Waals surface area (Å²) >= 11 is 0. The zero-order valence-electron chi connectivity index (χ0n) is 14.0. The van der Waals surface area contributed by atoms with Crippen LogP contribution < -0.4 is 4.74 Å². The van der Waals surface area contributed by atoms with Gasteiger partial charge in [0.1, 0.15) is 5.75 Å². The molecule has 0 bridgehead atoms. The molecule has 3 rings (SSSR count). The molecule has 4 nitrogen and oxygen atoms in total. The van der Waals surface area contributed by atoms with Gasteiger partial charge in [0.05, 0.1) is 19.3 Å². The predicted molar refractivity (Wildman–Crippen MR) is 89.8 cm³/mol. The highest BCUT2D eigenvalue weighted by molar-refractivity contribution is 5.89. The molecule has 2 atom stereocenters. The second-order valence-corrected chi connectivity index (χ2v) is 6.65. The maximum atomic E-state index is 12.1. The molecule has 1 aromatic rings. The topological polar surface area (TPSA) is 38.8 Å². The molecule has 126 valence electrons. The van der Waals surface area contributed by atoms with Gasteiger partial charge in [-0.15, -0.1) is 0 Å². The van der Waals surface area contributed by atoms with Crippen molar-refractivity contribution in [3.05, 3.63) is 29.8 Å². The van der Waals surface area contributed by atoms with Crippen molar-refractivity contribution in [2.45, 2.75) is 44.6 Å². The average molecular weight is 317 g/mol. The Labute approximate surface area is 138 Å². The van der Waals surface area contributed by atoms with Crippen LogP contribution in [-0.2, 0) is 4.74 Å². The van der Waals surface area contributed by atoms with Gasteiger partial charge in [-0.2, -0.15) is 0 Å². The first kappa shape index (κ1) is 16.3. The van der Waals surface area contributed by atoms with Gasteiger partial charge in [-0.05, 0) is 75.4 Å². The largest absolute Gasteiger partial charge is 0.497 e. The van der Waals surface area contributed by atoms with Crippen molar-refractivity contribution in [2.75, 3.05) is 26.8 Å². The minimum absolute atomic E-state index is 0.232. The molecule has 2 unspecified atom stereocenters. The second kappa shape index (κ2) is 7.82. The van der Waals surface area contributed by atoms with Crippen LogP contribution in [0.1, 0.15) is 48.9 Å². The first-order chi connectivity index (χ1) is 11.3. The Balaban J connectivity index is 1.47. The quantitative estimate of drug-likeness (QED) is 0.779. The molecule has 23 heavy (non-hydrogen) atoms. The molecular weight excluding hydrogens is 290 g/mol. The number of hydrogen-bond acceptors (Lipinski definition) is 4. The van der Waals surface area contributed by atoms with Crippen LogP contribution in [0.2, 0.25) is 0 Å². The van der Waals surface area contributed by atoms with E-state index < -0.39 is 0 Å². The first-order valence-electron chi connectivity index (χ1n) is 8.83. The summed E-state index contributed by atoms with van der Waals surface area (Å²) in [6, 6.07) is 7.81. The highest BCUT2D eigenvalue weighted by Crippen LogP contribution is 2.32. The summed E-state index contributed by atoms with van der Waals surface area (Å²) < 4.78 is 10.6. The Hall–Kier alpha value is -1.55. The summed E-state index contributed by atoms with van der Waals surface area (Å²) in [5.41, 5.74) is 0.591. The van der Waals surface area contributed by atoms with E-state index in [1.54, 1.807) is 31.4 Å². The minimum atomic E-state index is -0.232. The van der Waals surface area contributed by atoms with E-state index >= 15 is 0 Å². The lowest BCUT2D eigenvalue weighted by Crippen LogP contribution is -2.48. The zero-order chi connectivity index (χ0) is 16.1. The van der Waals surface area contributed by atoms with E-state index in [9.17, 15) is 4.79 Å². The van der Waals surface area contributed by atoms with Crippen LogP contribution in [0, 0.1) is 5.92 Å². The van der Waals surface area contributed by atoms with Crippen LogP contribution in [0.25, 0.3) is 0 Å². The third-order valence-electron chi connectivity index (χ3n) is 5.28. The van der Waals surface area contributed by atoms with Crippen LogP contribution in [0.4, 0.5) is 0 Å². The summed E-state index contributed by atoms with van der Waals surface area (Å²) in [5.74, 6) is 1.21. The Morgan fingerprint density at radius 1 is 1.13 bits per heavy atom. The Morgan fingerprint density at radius 3 is 2.70 bits per heavy atom. The van der Waals surface area contributed by atoms with Gasteiger partial charge in [0, 0.05) is 6.04 Å². The molecule has 0 spiro atoms. The van der Waals surface area contributed by atoms with Gasteiger partial charge in [-0.1, -0.05) is 6.42 Å². The number of nitrogens with zero attached hydrogens (tertiary/aromatic N) is 1. The number of fused-ring (bicyclic) bond motifs is 1. The molecule has 0 aromatic heterocycles. The molecule has 2 aliphatic heterocycles. The lowest BCUT2D eigenvalue weighted by molar-refractivity contribution is 0.0296. The number of benzene rings is 1. The number of rotatable bonds is 5. The van der Waals surface area contributed by atoms with Crippen LogP contribution >= 0.6 is 0 Å². The fourth-order valence-corrected chi connectivity index (χ4v) is 4.03. The summed E-state index contributed by atoms with van der Waals surface area (Å²) in [4.78, 5) is 14.8. The van der Waals surface area contributed by atoms with Crippen LogP contribution in [-0.4, -0.2) is 43.7 Å². The number of carbonyl (C=O) groups is 1. The van der Waals surface area contributed by atoms with Crippen molar-refractivity contribution in [3.63, 3.8) is 0 Å². The Bertz CT molecular complexity index is 512. The third-order valence-corrected chi connectivity index (χ3v) is 5.28. The van der Waals surface area contributed by atoms with Crippen molar-refractivity contribution in [1.82, 2.24) is 4.90 Å². The van der Waals surface area contributed by atoms with E-state index in [0.717, 1.165) is 18.2 Å². The summed E-state index contributed by atoms with van der Waals surface area (Å²) in [7, 11) is 1.62. The lowest BCUT2D eigenvalue weighted by Gasteiger charge is -2.44.